The number of halogens is 3. The lowest BCUT2D eigenvalue weighted by molar-refractivity contribution is 0.102. The predicted molar refractivity (Wildman–Crippen MR) is 82.7 cm³/mol. The first-order valence-corrected chi connectivity index (χ1v) is 6.87. The molecule has 0 spiro atoms. The van der Waals surface area contributed by atoms with Crippen LogP contribution in [-0.4, -0.2) is 5.91 Å². The van der Waals surface area contributed by atoms with Crippen molar-refractivity contribution in [3.63, 3.8) is 0 Å². The third-order valence-corrected chi connectivity index (χ3v) is 3.70. The van der Waals surface area contributed by atoms with Crippen molar-refractivity contribution in [2.75, 3.05) is 11.1 Å². The van der Waals surface area contributed by atoms with E-state index in [0.717, 1.165) is 11.6 Å². The maximum absolute atomic E-state index is 13.1. The van der Waals surface area contributed by atoms with E-state index >= 15 is 0 Å². The van der Waals surface area contributed by atoms with Gasteiger partial charge in [-0.3, -0.25) is 4.79 Å². The summed E-state index contributed by atoms with van der Waals surface area (Å²) in [5.74, 6) is -0.828. The molecule has 20 heavy (non-hydrogen) atoms. The molecule has 0 aliphatic carbocycles. The summed E-state index contributed by atoms with van der Waals surface area (Å²) in [6, 6.07) is 7.32. The maximum atomic E-state index is 13.1. The van der Waals surface area contributed by atoms with Crippen LogP contribution in [0.2, 0.25) is 5.02 Å². The van der Waals surface area contributed by atoms with Crippen LogP contribution in [0.4, 0.5) is 15.8 Å². The summed E-state index contributed by atoms with van der Waals surface area (Å²) in [5.41, 5.74) is 7.90. The molecule has 0 unspecified atom stereocenters. The average Bonchev–Trinajstić information content (AvgIpc) is 2.36. The second-order valence-electron chi connectivity index (χ2n) is 4.27. The highest BCUT2D eigenvalue weighted by molar-refractivity contribution is 9.10. The molecule has 3 N–H and O–H groups in total. The van der Waals surface area contributed by atoms with Crippen LogP contribution in [0.3, 0.4) is 0 Å². The highest BCUT2D eigenvalue weighted by Crippen LogP contribution is 2.32. The van der Waals surface area contributed by atoms with Crippen LogP contribution in [0.1, 0.15) is 15.9 Å². The number of aryl methyl sites for hydroxylation is 1. The van der Waals surface area contributed by atoms with Gasteiger partial charge in [0, 0.05) is 15.7 Å². The lowest BCUT2D eigenvalue weighted by atomic mass is 10.1. The van der Waals surface area contributed by atoms with Crippen molar-refractivity contribution in [1.82, 2.24) is 0 Å². The highest BCUT2D eigenvalue weighted by atomic mass is 79.9. The van der Waals surface area contributed by atoms with Gasteiger partial charge in [-0.25, -0.2) is 4.39 Å². The molecule has 0 heterocycles. The minimum atomic E-state index is -0.483. The molecule has 0 atom stereocenters. The summed E-state index contributed by atoms with van der Waals surface area (Å²) >= 11 is 9.08. The third kappa shape index (κ3) is 3.11. The number of hydrogen-bond donors (Lipinski definition) is 2. The zero-order valence-electron chi connectivity index (χ0n) is 10.5. The van der Waals surface area contributed by atoms with Gasteiger partial charge in [-0.2, -0.15) is 0 Å². The molecule has 3 nitrogen and oxygen atoms in total. The Hall–Kier alpha value is -1.59. The Labute approximate surface area is 129 Å². The molecule has 2 aromatic rings. The van der Waals surface area contributed by atoms with Crippen molar-refractivity contribution >= 4 is 44.8 Å². The van der Waals surface area contributed by atoms with Gasteiger partial charge < -0.3 is 11.1 Å². The zero-order valence-corrected chi connectivity index (χ0v) is 12.8. The minimum absolute atomic E-state index is 0.123. The number of benzene rings is 2. The van der Waals surface area contributed by atoms with Crippen molar-refractivity contribution in [2.45, 2.75) is 6.92 Å². The molecule has 0 bridgehead atoms. The van der Waals surface area contributed by atoms with Crippen molar-refractivity contribution in [3.8, 4) is 0 Å². The van der Waals surface area contributed by atoms with Crippen molar-refractivity contribution in [3.05, 3.63) is 56.8 Å². The Morgan fingerprint density at radius 1 is 1.35 bits per heavy atom. The smallest absolute Gasteiger partial charge is 0.255 e. The molecule has 0 fully saturated rings. The standard InChI is InChI=1S/C14H11BrClFN2O/c1-7-4-8(2-3-12(7)18)14(20)19-13-10(15)5-9(17)6-11(13)16/h2-6H,18H2,1H3,(H,19,20). The number of anilines is 2. The molecule has 2 aromatic carbocycles. The number of nitrogens with one attached hydrogen (secondary N) is 1. The molecule has 1 amide bonds. The van der Waals surface area contributed by atoms with Gasteiger partial charge in [0.2, 0.25) is 0 Å². The lowest BCUT2D eigenvalue weighted by Gasteiger charge is -2.10. The summed E-state index contributed by atoms with van der Waals surface area (Å²) in [7, 11) is 0. The monoisotopic (exact) mass is 356 g/mol. The summed E-state index contributed by atoms with van der Waals surface area (Å²) in [4.78, 5) is 12.1. The van der Waals surface area contributed by atoms with Gasteiger partial charge in [-0.1, -0.05) is 11.6 Å². The molecule has 104 valence electrons. The molecule has 6 heteroatoms. The molecule has 0 saturated heterocycles. The summed E-state index contributed by atoms with van der Waals surface area (Å²) in [6.45, 7) is 1.81. The van der Waals surface area contributed by atoms with Crippen molar-refractivity contribution in [2.24, 2.45) is 0 Å². The first-order valence-electron chi connectivity index (χ1n) is 5.70. The van der Waals surface area contributed by atoms with Gasteiger partial charge in [0.15, 0.2) is 0 Å². The molecule has 0 aromatic heterocycles. The van der Waals surface area contributed by atoms with Crippen molar-refractivity contribution in [1.29, 1.82) is 0 Å². The van der Waals surface area contributed by atoms with E-state index in [-0.39, 0.29) is 10.9 Å². The SMILES string of the molecule is Cc1cc(C(=O)Nc2c(Cl)cc(F)cc2Br)ccc1N. The van der Waals surface area contributed by atoms with Crippen LogP contribution in [0.25, 0.3) is 0 Å². The summed E-state index contributed by atoms with van der Waals surface area (Å²) in [6.07, 6.45) is 0. The quantitative estimate of drug-likeness (QED) is 0.783. The third-order valence-electron chi connectivity index (χ3n) is 2.78. The number of nitrogens with two attached hydrogens (primary N) is 1. The van der Waals surface area contributed by atoms with Crippen LogP contribution < -0.4 is 11.1 Å². The number of carbonyl (C=O) groups is 1. The summed E-state index contributed by atoms with van der Waals surface area (Å²) < 4.78 is 13.5. The normalized spacial score (nSPS) is 10.4. The zero-order chi connectivity index (χ0) is 14.9. The Morgan fingerprint density at radius 2 is 2.05 bits per heavy atom. The number of carbonyl (C=O) groups excluding carboxylic acids is 1. The van der Waals surface area contributed by atoms with E-state index in [2.05, 4.69) is 21.2 Å². The Bertz CT molecular complexity index is 668. The molecule has 2 rings (SSSR count). The van der Waals surface area contributed by atoms with Crippen LogP contribution >= 0.6 is 27.5 Å². The first-order chi connectivity index (χ1) is 9.38. The fourth-order valence-electron chi connectivity index (χ4n) is 1.66. The fourth-order valence-corrected chi connectivity index (χ4v) is 2.56. The number of amides is 1. The lowest BCUT2D eigenvalue weighted by Crippen LogP contribution is -2.13. The van der Waals surface area contributed by atoms with Crippen LogP contribution in [0.15, 0.2) is 34.8 Å². The second-order valence-corrected chi connectivity index (χ2v) is 5.53. The number of rotatable bonds is 2. The summed E-state index contributed by atoms with van der Waals surface area (Å²) in [5, 5.41) is 2.77. The van der Waals surface area contributed by atoms with E-state index in [1.807, 2.05) is 6.92 Å². The van der Waals surface area contributed by atoms with Gasteiger partial charge >= 0.3 is 0 Å². The van der Waals surface area contributed by atoms with E-state index in [0.29, 0.717) is 21.4 Å². The van der Waals surface area contributed by atoms with E-state index in [1.165, 1.54) is 6.07 Å². The van der Waals surface area contributed by atoms with E-state index in [1.54, 1.807) is 18.2 Å². The molecule has 0 aliphatic rings. The Morgan fingerprint density at radius 3 is 2.65 bits per heavy atom. The molecular weight excluding hydrogens is 347 g/mol. The van der Waals surface area contributed by atoms with Gasteiger partial charge in [0.1, 0.15) is 5.82 Å². The van der Waals surface area contributed by atoms with Crippen LogP contribution in [0, 0.1) is 12.7 Å². The number of hydrogen-bond acceptors (Lipinski definition) is 2. The molecule has 0 saturated carbocycles. The first kappa shape index (κ1) is 14.8. The van der Waals surface area contributed by atoms with E-state index < -0.39 is 5.82 Å². The largest absolute Gasteiger partial charge is 0.399 e. The second kappa shape index (κ2) is 5.81. The van der Waals surface area contributed by atoms with Gasteiger partial charge in [0.05, 0.1) is 10.7 Å². The van der Waals surface area contributed by atoms with Crippen LogP contribution in [-0.2, 0) is 0 Å². The molecule has 0 radical (unpaired) electrons. The Balaban J connectivity index is 2.30. The average molecular weight is 358 g/mol. The van der Waals surface area contributed by atoms with Crippen molar-refractivity contribution < 1.29 is 9.18 Å². The van der Waals surface area contributed by atoms with Gasteiger partial charge in [-0.15, -0.1) is 0 Å². The highest BCUT2D eigenvalue weighted by Gasteiger charge is 2.13. The maximum Gasteiger partial charge on any atom is 0.255 e. The molecule has 0 aliphatic heterocycles. The van der Waals surface area contributed by atoms with E-state index in [9.17, 15) is 9.18 Å². The Kier molecular flexibility index (Phi) is 4.30. The fraction of sp³-hybridized carbons (Fsp3) is 0.0714. The van der Waals surface area contributed by atoms with Gasteiger partial charge in [0.25, 0.3) is 5.91 Å². The molecular formula is C14H11BrClFN2O. The minimum Gasteiger partial charge on any atom is -0.399 e. The van der Waals surface area contributed by atoms with E-state index in [4.69, 9.17) is 17.3 Å². The topological polar surface area (TPSA) is 55.1 Å². The predicted octanol–water partition coefficient (Wildman–Crippen LogP) is 4.38. The van der Waals surface area contributed by atoms with Gasteiger partial charge in [-0.05, 0) is 58.7 Å². The number of nitrogen functional groups attached to an aromatic ring is 1. The van der Waals surface area contributed by atoms with Crippen LogP contribution in [0.5, 0.6) is 0 Å².